The van der Waals surface area contributed by atoms with Crippen molar-refractivity contribution >= 4 is 11.6 Å². The van der Waals surface area contributed by atoms with Gasteiger partial charge in [-0.15, -0.1) is 0 Å². The molecular weight excluding hydrogens is 236 g/mol. The van der Waals surface area contributed by atoms with Crippen molar-refractivity contribution in [2.75, 3.05) is 0 Å². The number of rotatable bonds is 4. The molecule has 2 atom stereocenters. The number of ketones is 2. The zero-order valence-corrected chi connectivity index (χ0v) is 12.8. The van der Waals surface area contributed by atoms with Crippen molar-refractivity contribution in [1.29, 1.82) is 0 Å². The van der Waals surface area contributed by atoms with Gasteiger partial charge in [0.15, 0.2) is 0 Å². The third kappa shape index (κ3) is 2.78. The molecule has 0 aromatic carbocycles. The molecule has 0 radical (unpaired) electrons. The minimum Gasteiger partial charge on any atom is -0.299 e. The SMILES string of the molecule is CC(=O)C1(C)CCCCC1CC(=O)C1(C)CCCC1. The van der Waals surface area contributed by atoms with Gasteiger partial charge in [0.1, 0.15) is 11.6 Å². The number of hydrogen-bond donors (Lipinski definition) is 0. The van der Waals surface area contributed by atoms with E-state index in [9.17, 15) is 9.59 Å². The van der Waals surface area contributed by atoms with Gasteiger partial charge in [0, 0.05) is 17.3 Å². The minimum absolute atomic E-state index is 0.0881. The van der Waals surface area contributed by atoms with E-state index in [4.69, 9.17) is 0 Å². The summed E-state index contributed by atoms with van der Waals surface area (Å²) in [5, 5.41) is 0. The number of hydrogen-bond acceptors (Lipinski definition) is 2. The van der Waals surface area contributed by atoms with Crippen LogP contribution in [0.4, 0.5) is 0 Å². The van der Waals surface area contributed by atoms with Crippen LogP contribution in [-0.4, -0.2) is 11.6 Å². The lowest BCUT2D eigenvalue weighted by atomic mass is 9.62. The Morgan fingerprint density at radius 2 is 1.58 bits per heavy atom. The van der Waals surface area contributed by atoms with Gasteiger partial charge < -0.3 is 0 Å². The van der Waals surface area contributed by atoms with Gasteiger partial charge in [0.2, 0.25) is 0 Å². The lowest BCUT2D eigenvalue weighted by molar-refractivity contribution is -0.135. The van der Waals surface area contributed by atoms with Gasteiger partial charge in [-0.05, 0) is 38.5 Å². The third-order valence-electron chi connectivity index (χ3n) is 6.02. The van der Waals surface area contributed by atoms with Crippen molar-refractivity contribution in [3.05, 3.63) is 0 Å². The van der Waals surface area contributed by atoms with Crippen LogP contribution in [-0.2, 0) is 9.59 Å². The molecule has 0 aliphatic heterocycles. The largest absolute Gasteiger partial charge is 0.299 e. The van der Waals surface area contributed by atoms with E-state index >= 15 is 0 Å². The van der Waals surface area contributed by atoms with Crippen molar-refractivity contribution < 1.29 is 9.59 Å². The Morgan fingerprint density at radius 3 is 2.16 bits per heavy atom. The van der Waals surface area contributed by atoms with Crippen LogP contribution in [0, 0.1) is 16.7 Å². The molecule has 2 aliphatic rings. The first-order chi connectivity index (χ1) is 8.88. The Balaban J connectivity index is 2.08. The summed E-state index contributed by atoms with van der Waals surface area (Å²) in [5.74, 6) is 0.981. The molecule has 2 saturated carbocycles. The molecule has 0 aromatic rings. The zero-order valence-electron chi connectivity index (χ0n) is 12.8. The zero-order chi connectivity index (χ0) is 14.1. The molecule has 19 heavy (non-hydrogen) atoms. The van der Waals surface area contributed by atoms with Crippen molar-refractivity contribution in [1.82, 2.24) is 0 Å². The van der Waals surface area contributed by atoms with Crippen LogP contribution >= 0.6 is 0 Å². The van der Waals surface area contributed by atoms with Crippen LogP contribution in [0.25, 0.3) is 0 Å². The van der Waals surface area contributed by atoms with E-state index in [1.807, 2.05) is 0 Å². The first-order valence-corrected chi connectivity index (χ1v) is 7.93. The molecule has 2 fully saturated rings. The molecule has 108 valence electrons. The fraction of sp³-hybridized carbons (Fsp3) is 0.882. The summed E-state index contributed by atoms with van der Waals surface area (Å²) in [4.78, 5) is 24.6. The Bertz CT molecular complexity index is 365. The van der Waals surface area contributed by atoms with Crippen molar-refractivity contribution in [3.8, 4) is 0 Å². The average molecular weight is 264 g/mol. The summed E-state index contributed by atoms with van der Waals surface area (Å²) in [5.41, 5.74) is -0.335. The van der Waals surface area contributed by atoms with Crippen molar-refractivity contribution in [2.45, 2.75) is 78.6 Å². The van der Waals surface area contributed by atoms with Crippen molar-refractivity contribution in [3.63, 3.8) is 0 Å². The maximum Gasteiger partial charge on any atom is 0.139 e. The summed E-state index contributed by atoms with van der Waals surface area (Å²) in [7, 11) is 0. The monoisotopic (exact) mass is 264 g/mol. The van der Waals surface area contributed by atoms with Gasteiger partial charge in [-0.3, -0.25) is 9.59 Å². The van der Waals surface area contributed by atoms with E-state index in [0.29, 0.717) is 12.2 Å². The molecule has 2 nitrogen and oxygen atoms in total. The van der Waals surface area contributed by atoms with E-state index in [0.717, 1.165) is 32.1 Å². The van der Waals surface area contributed by atoms with E-state index in [2.05, 4.69) is 13.8 Å². The molecule has 0 aromatic heterocycles. The fourth-order valence-electron chi connectivity index (χ4n) is 4.10. The van der Waals surface area contributed by atoms with Crippen LogP contribution < -0.4 is 0 Å². The van der Waals surface area contributed by atoms with Crippen LogP contribution in [0.2, 0.25) is 0 Å². The standard InChI is InChI=1S/C17H28O2/c1-13(18)17(3)11-5-4-8-14(17)12-15(19)16(2)9-6-7-10-16/h14H,4-12H2,1-3H3. The lowest BCUT2D eigenvalue weighted by Gasteiger charge is -2.40. The van der Waals surface area contributed by atoms with E-state index < -0.39 is 0 Å². The highest BCUT2D eigenvalue weighted by Gasteiger charge is 2.44. The maximum atomic E-state index is 12.6. The molecule has 0 amide bonds. The molecule has 0 heterocycles. The second kappa shape index (κ2) is 5.38. The van der Waals surface area contributed by atoms with Gasteiger partial charge >= 0.3 is 0 Å². The first-order valence-electron chi connectivity index (χ1n) is 7.93. The quantitative estimate of drug-likeness (QED) is 0.758. The van der Waals surface area contributed by atoms with E-state index in [1.54, 1.807) is 6.92 Å². The topological polar surface area (TPSA) is 34.1 Å². The number of Topliss-reactive ketones (excluding diaryl/α,β-unsaturated/α-hetero) is 2. The van der Waals surface area contributed by atoms with Crippen LogP contribution in [0.3, 0.4) is 0 Å². The van der Waals surface area contributed by atoms with Gasteiger partial charge in [0.25, 0.3) is 0 Å². The smallest absolute Gasteiger partial charge is 0.139 e. The van der Waals surface area contributed by atoms with Gasteiger partial charge in [-0.25, -0.2) is 0 Å². The Morgan fingerprint density at radius 1 is 1.00 bits per heavy atom. The summed E-state index contributed by atoms with van der Waals surface area (Å²) >= 11 is 0. The molecule has 2 heteroatoms. The van der Waals surface area contributed by atoms with E-state index in [1.165, 1.54) is 19.3 Å². The molecule has 2 aliphatic carbocycles. The highest BCUT2D eigenvalue weighted by molar-refractivity contribution is 5.87. The van der Waals surface area contributed by atoms with Crippen molar-refractivity contribution in [2.24, 2.45) is 16.7 Å². The Kier molecular flexibility index (Phi) is 4.17. The number of carbonyl (C=O) groups excluding carboxylic acids is 2. The second-order valence-electron chi connectivity index (χ2n) is 7.31. The molecule has 0 spiro atoms. The molecule has 0 saturated heterocycles. The summed E-state index contributed by atoms with van der Waals surface area (Å²) in [6.07, 6.45) is 9.45. The first kappa shape index (κ1) is 14.7. The minimum atomic E-state index is -0.247. The number of carbonyl (C=O) groups is 2. The molecule has 0 N–H and O–H groups in total. The maximum absolute atomic E-state index is 12.6. The highest BCUT2D eigenvalue weighted by Crippen LogP contribution is 2.47. The van der Waals surface area contributed by atoms with Gasteiger partial charge in [-0.1, -0.05) is 39.5 Å². The Hall–Kier alpha value is -0.660. The van der Waals surface area contributed by atoms with Gasteiger partial charge in [0.05, 0.1) is 0 Å². The summed E-state index contributed by atoms with van der Waals surface area (Å²) < 4.78 is 0. The summed E-state index contributed by atoms with van der Waals surface area (Å²) in [6.45, 7) is 5.93. The highest BCUT2D eigenvalue weighted by atomic mass is 16.1. The normalized spacial score (nSPS) is 34.2. The third-order valence-corrected chi connectivity index (χ3v) is 6.02. The van der Waals surface area contributed by atoms with Crippen LogP contribution in [0.5, 0.6) is 0 Å². The van der Waals surface area contributed by atoms with Crippen LogP contribution in [0.15, 0.2) is 0 Å². The molecule has 2 rings (SSSR count). The fourth-order valence-corrected chi connectivity index (χ4v) is 4.10. The second-order valence-corrected chi connectivity index (χ2v) is 7.31. The predicted octanol–water partition coefficient (Wildman–Crippen LogP) is 4.31. The van der Waals surface area contributed by atoms with Gasteiger partial charge in [-0.2, -0.15) is 0 Å². The molecule has 0 bridgehead atoms. The Labute approximate surface area is 117 Å². The van der Waals surface area contributed by atoms with E-state index in [-0.39, 0.29) is 22.5 Å². The predicted molar refractivity (Wildman–Crippen MR) is 76.9 cm³/mol. The summed E-state index contributed by atoms with van der Waals surface area (Å²) in [6, 6.07) is 0. The molecular formula is C17H28O2. The average Bonchev–Trinajstić information content (AvgIpc) is 2.80. The lowest BCUT2D eigenvalue weighted by Crippen LogP contribution is -2.40. The molecule has 2 unspecified atom stereocenters. The van der Waals surface area contributed by atoms with Crippen LogP contribution in [0.1, 0.15) is 78.6 Å².